The highest BCUT2D eigenvalue weighted by atomic mass is 32.2. The van der Waals surface area contributed by atoms with Gasteiger partial charge in [0.25, 0.3) is 5.56 Å². The molecular formula is C17H20N8OS. The monoisotopic (exact) mass is 384 g/mol. The highest BCUT2D eigenvalue weighted by Crippen LogP contribution is 2.22. The quantitative estimate of drug-likeness (QED) is 0.484. The van der Waals surface area contributed by atoms with Crippen LogP contribution < -0.4 is 5.56 Å². The molecule has 3 aromatic heterocycles. The van der Waals surface area contributed by atoms with E-state index in [4.69, 9.17) is 0 Å². The van der Waals surface area contributed by atoms with E-state index in [1.54, 1.807) is 11.7 Å². The summed E-state index contributed by atoms with van der Waals surface area (Å²) in [6, 6.07) is 5.83. The van der Waals surface area contributed by atoms with Crippen LogP contribution in [0.3, 0.4) is 0 Å². The molecule has 1 aromatic carbocycles. The van der Waals surface area contributed by atoms with Crippen LogP contribution in [-0.2, 0) is 19.3 Å². The molecule has 0 aliphatic carbocycles. The molecule has 0 spiro atoms. The largest absolute Gasteiger partial charge is 0.279 e. The minimum absolute atomic E-state index is 0.0753. The summed E-state index contributed by atoms with van der Waals surface area (Å²) >= 11 is 1.51. The Kier molecular flexibility index (Phi) is 4.42. The van der Waals surface area contributed by atoms with E-state index in [1.165, 1.54) is 16.3 Å². The Labute approximate surface area is 159 Å². The number of thioether (sulfide) groups is 1. The Hall–Kier alpha value is -2.75. The van der Waals surface area contributed by atoms with Crippen molar-refractivity contribution in [3.63, 3.8) is 0 Å². The van der Waals surface area contributed by atoms with E-state index in [0.717, 1.165) is 28.6 Å². The van der Waals surface area contributed by atoms with Crippen molar-refractivity contribution in [2.24, 2.45) is 13.0 Å². The van der Waals surface area contributed by atoms with E-state index in [1.807, 2.05) is 29.5 Å². The number of benzene rings is 1. The van der Waals surface area contributed by atoms with Gasteiger partial charge in [0, 0.05) is 13.6 Å². The SMILES string of the molecule is Cc1ccc2c(c1)c(=O)n(C)c1nnc(CSc3nnnn3CC(C)C)n21. The number of fused-ring (bicyclic) bond motifs is 3. The van der Waals surface area contributed by atoms with Gasteiger partial charge in [-0.05, 0) is 35.4 Å². The van der Waals surface area contributed by atoms with Crippen molar-refractivity contribution >= 4 is 28.4 Å². The van der Waals surface area contributed by atoms with Gasteiger partial charge in [-0.2, -0.15) is 0 Å². The highest BCUT2D eigenvalue weighted by molar-refractivity contribution is 7.98. The van der Waals surface area contributed by atoms with Crippen molar-refractivity contribution in [2.75, 3.05) is 0 Å². The molecule has 4 aromatic rings. The number of hydrogen-bond acceptors (Lipinski definition) is 7. The maximum Gasteiger partial charge on any atom is 0.262 e. The molecule has 0 radical (unpaired) electrons. The lowest BCUT2D eigenvalue weighted by molar-refractivity contribution is 0.445. The smallest absolute Gasteiger partial charge is 0.262 e. The van der Waals surface area contributed by atoms with Crippen LogP contribution in [0, 0.1) is 12.8 Å². The average Bonchev–Trinajstić information content (AvgIpc) is 3.24. The molecule has 0 amide bonds. The topological polar surface area (TPSA) is 95.8 Å². The van der Waals surface area contributed by atoms with Crippen LogP contribution in [0.1, 0.15) is 25.2 Å². The Morgan fingerprint density at radius 2 is 2.00 bits per heavy atom. The summed E-state index contributed by atoms with van der Waals surface area (Å²) in [6.07, 6.45) is 0. The molecule has 0 bridgehead atoms. The first kappa shape index (κ1) is 17.7. The number of aryl methyl sites for hydroxylation is 2. The van der Waals surface area contributed by atoms with Crippen molar-refractivity contribution in [2.45, 2.75) is 38.2 Å². The van der Waals surface area contributed by atoms with Gasteiger partial charge in [0.15, 0.2) is 0 Å². The van der Waals surface area contributed by atoms with Crippen LogP contribution in [-0.4, -0.2) is 39.4 Å². The summed E-state index contributed by atoms with van der Waals surface area (Å²) in [5.74, 6) is 2.26. The van der Waals surface area contributed by atoms with Crippen molar-refractivity contribution in [3.05, 3.63) is 39.9 Å². The van der Waals surface area contributed by atoms with Crippen LogP contribution in [0.5, 0.6) is 0 Å². The molecule has 0 N–H and O–H groups in total. The Morgan fingerprint density at radius 3 is 2.78 bits per heavy atom. The van der Waals surface area contributed by atoms with E-state index in [-0.39, 0.29) is 5.56 Å². The second kappa shape index (κ2) is 6.76. The fraction of sp³-hybridized carbons (Fsp3) is 0.412. The molecular weight excluding hydrogens is 364 g/mol. The second-order valence-electron chi connectivity index (χ2n) is 6.96. The molecule has 0 saturated carbocycles. The minimum Gasteiger partial charge on any atom is -0.279 e. The third-order valence-corrected chi connectivity index (χ3v) is 5.26. The van der Waals surface area contributed by atoms with Gasteiger partial charge in [0.05, 0.1) is 16.7 Å². The molecule has 0 atom stereocenters. The Balaban J connectivity index is 1.77. The Bertz CT molecular complexity index is 1190. The van der Waals surface area contributed by atoms with Crippen LogP contribution >= 0.6 is 11.8 Å². The number of tetrazole rings is 1. The van der Waals surface area contributed by atoms with E-state index in [2.05, 4.69) is 39.6 Å². The number of aromatic nitrogens is 8. The molecule has 0 aliphatic rings. The van der Waals surface area contributed by atoms with Crippen molar-refractivity contribution < 1.29 is 0 Å². The first-order valence-electron chi connectivity index (χ1n) is 8.68. The van der Waals surface area contributed by atoms with Crippen molar-refractivity contribution in [1.29, 1.82) is 0 Å². The maximum atomic E-state index is 12.6. The molecule has 9 nitrogen and oxygen atoms in total. The zero-order valence-corrected chi connectivity index (χ0v) is 16.4. The van der Waals surface area contributed by atoms with Crippen LogP contribution in [0.25, 0.3) is 16.7 Å². The zero-order chi connectivity index (χ0) is 19.1. The van der Waals surface area contributed by atoms with Crippen LogP contribution in [0.4, 0.5) is 0 Å². The summed E-state index contributed by atoms with van der Waals surface area (Å²) in [5, 5.41) is 21.9. The summed E-state index contributed by atoms with van der Waals surface area (Å²) < 4.78 is 5.27. The first-order chi connectivity index (χ1) is 13.0. The maximum absolute atomic E-state index is 12.6. The molecule has 140 valence electrons. The first-order valence-corrected chi connectivity index (χ1v) is 9.66. The second-order valence-corrected chi connectivity index (χ2v) is 7.91. The lowest BCUT2D eigenvalue weighted by Crippen LogP contribution is -2.20. The van der Waals surface area contributed by atoms with Gasteiger partial charge in [0.1, 0.15) is 5.82 Å². The third-order valence-electron chi connectivity index (χ3n) is 4.31. The highest BCUT2D eigenvalue weighted by Gasteiger charge is 2.16. The Morgan fingerprint density at radius 1 is 1.19 bits per heavy atom. The third kappa shape index (κ3) is 3.09. The van der Waals surface area contributed by atoms with Crippen LogP contribution in [0.2, 0.25) is 0 Å². The number of nitrogens with zero attached hydrogens (tertiary/aromatic N) is 8. The normalized spacial score (nSPS) is 11.9. The van der Waals surface area contributed by atoms with Gasteiger partial charge in [-0.25, -0.2) is 4.68 Å². The molecule has 4 rings (SSSR count). The zero-order valence-electron chi connectivity index (χ0n) is 15.6. The van der Waals surface area contributed by atoms with Gasteiger partial charge in [0.2, 0.25) is 10.9 Å². The van der Waals surface area contributed by atoms with Gasteiger partial charge in [-0.3, -0.25) is 13.8 Å². The molecule has 0 saturated heterocycles. The molecule has 0 unspecified atom stereocenters. The summed E-state index contributed by atoms with van der Waals surface area (Å²) in [6.45, 7) is 6.97. The summed E-state index contributed by atoms with van der Waals surface area (Å²) in [4.78, 5) is 12.6. The van der Waals surface area contributed by atoms with Crippen molar-refractivity contribution in [1.82, 2.24) is 39.4 Å². The molecule has 0 aliphatic heterocycles. The van der Waals surface area contributed by atoms with Gasteiger partial charge >= 0.3 is 0 Å². The molecule has 10 heteroatoms. The number of rotatable bonds is 5. The van der Waals surface area contributed by atoms with E-state index in [0.29, 0.717) is 22.8 Å². The predicted molar refractivity (Wildman–Crippen MR) is 103 cm³/mol. The van der Waals surface area contributed by atoms with Gasteiger partial charge < -0.3 is 0 Å². The number of hydrogen-bond donors (Lipinski definition) is 0. The lowest BCUT2D eigenvalue weighted by atomic mass is 10.1. The van der Waals surface area contributed by atoms with Crippen LogP contribution in [0.15, 0.2) is 28.2 Å². The fourth-order valence-corrected chi connectivity index (χ4v) is 3.84. The molecule has 27 heavy (non-hydrogen) atoms. The van der Waals surface area contributed by atoms with E-state index >= 15 is 0 Å². The van der Waals surface area contributed by atoms with Crippen molar-refractivity contribution in [3.8, 4) is 0 Å². The van der Waals surface area contributed by atoms with E-state index < -0.39 is 0 Å². The average molecular weight is 384 g/mol. The standard InChI is InChI=1S/C17H20N8OS/c1-10(2)8-24-17(20-21-22-24)27-9-14-18-19-16-23(4)15(26)12-7-11(3)5-6-13(12)25(14)16/h5-7,10H,8-9H2,1-4H3. The van der Waals surface area contributed by atoms with Gasteiger partial charge in [-0.1, -0.05) is 37.2 Å². The minimum atomic E-state index is -0.0753. The summed E-state index contributed by atoms with van der Waals surface area (Å²) in [5.41, 5.74) is 1.77. The predicted octanol–water partition coefficient (Wildman–Crippen LogP) is 1.82. The van der Waals surface area contributed by atoms with E-state index in [9.17, 15) is 4.79 Å². The van der Waals surface area contributed by atoms with Gasteiger partial charge in [-0.15, -0.1) is 15.3 Å². The molecule has 3 heterocycles. The fourth-order valence-electron chi connectivity index (χ4n) is 3.04. The summed E-state index contributed by atoms with van der Waals surface area (Å²) in [7, 11) is 1.72. The molecule has 0 fully saturated rings. The lowest BCUT2D eigenvalue weighted by Gasteiger charge is -2.09.